The molecule has 0 spiro atoms. The zero-order valence-electron chi connectivity index (χ0n) is 45.4. The topological polar surface area (TPSA) is 328 Å². The predicted octanol–water partition coefficient (Wildman–Crippen LogP) is 2.10. The maximum Gasteiger partial charge on any atom is 0.255 e. The minimum Gasteiger partial charge on any atom is -0.484 e. The molecule has 1 aliphatic rings. The van der Waals surface area contributed by atoms with Gasteiger partial charge in [0.15, 0.2) is 5.75 Å². The predicted molar refractivity (Wildman–Crippen MR) is 278 cm³/mol. The number of aliphatic hydroxyl groups is 8. The van der Waals surface area contributed by atoms with E-state index in [1.54, 1.807) is 0 Å². The minimum absolute atomic E-state index is 0.0101. The van der Waals surface area contributed by atoms with Gasteiger partial charge in [0.25, 0.3) is 23.6 Å². The molecule has 0 bridgehead atoms. The molecule has 6 amide bonds. The number of rotatable bonds is 21. The number of anilines is 2. The second kappa shape index (κ2) is 40.3. The molecule has 12 N–H and O–H groups in total. The molecule has 0 aliphatic carbocycles. The van der Waals surface area contributed by atoms with Crippen molar-refractivity contribution in [3.05, 3.63) is 50.1 Å². The zero-order valence-corrected chi connectivity index (χ0v) is 45.4. The highest BCUT2D eigenvalue weighted by Gasteiger charge is 2.38. The molecule has 21 nitrogen and oxygen atoms in total. The first-order valence-electron chi connectivity index (χ1n) is 24.6. The molecule has 0 saturated heterocycles. The quantitative estimate of drug-likeness (QED) is 0.0797. The first-order chi connectivity index (χ1) is 33.9. The lowest BCUT2D eigenvalue weighted by molar-refractivity contribution is -0.108. The largest absolute Gasteiger partial charge is 0.484 e. The van der Waals surface area contributed by atoms with E-state index in [1.165, 1.54) is 34.6 Å². The Bertz CT molecular complexity index is 1850. The van der Waals surface area contributed by atoms with Crippen molar-refractivity contribution in [3.63, 3.8) is 0 Å². The smallest absolute Gasteiger partial charge is 0.255 e. The number of hydrogen-bond acceptors (Lipinski definition) is 15. The number of fused-ring (bicyclic) bond motifs is 1. The average molecular weight is 1020 g/mol. The number of amides is 6. The number of hydrogen-bond donors (Lipinski definition) is 12. The summed E-state index contributed by atoms with van der Waals surface area (Å²) in [6.07, 6.45) is -5.58. The number of nitrogens with zero attached hydrogens (tertiary/aromatic N) is 2. The van der Waals surface area contributed by atoms with E-state index >= 15 is 0 Å². The molecular formula is C50H90N6O15. The molecule has 1 heterocycles. The van der Waals surface area contributed by atoms with Gasteiger partial charge >= 0.3 is 0 Å². The monoisotopic (exact) mass is 1010 g/mol. The van der Waals surface area contributed by atoms with Crippen LogP contribution in [0.4, 0.5) is 11.4 Å². The van der Waals surface area contributed by atoms with E-state index in [4.69, 9.17) is 4.74 Å². The second-order valence-corrected chi connectivity index (χ2v) is 14.1. The van der Waals surface area contributed by atoms with Gasteiger partial charge in [-0.05, 0) is 62.4 Å². The Hall–Kier alpha value is -5.26. The SMILES string of the molecule is CC.CC.CC.CC.CC.CC.Cc1c(C(=O)NCC(O)CO)c(C)c(N(C=O)CC2CN(C=O)c3c(C)c(C(=O)NCC(O)CO)c(C)c(C(=O)NCC(O)CO)c3O2)c(C)c1C(=O)NCC(O)CO. The number of benzene rings is 2. The third-order valence-corrected chi connectivity index (χ3v) is 9.79. The molecule has 0 saturated carbocycles. The van der Waals surface area contributed by atoms with E-state index in [0.29, 0.717) is 12.8 Å². The molecule has 5 atom stereocenters. The van der Waals surface area contributed by atoms with Crippen LogP contribution >= 0.6 is 0 Å². The van der Waals surface area contributed by atoms with E-state index in [9.17, 15) is 69.6 Å². The van der Waals surface area contributed by atoms with E-state index in [1.807, 2.05) is 83.1 Å². The summed E-state index contributed by atoms with van der Waals surface area (Å²) in [5, 5.41) is 86.7. The molecule has 2 aromatic carbocycles. The molecule has 410 valence electrons. The minimum atomic E-state index is -1.36. The molecule has 0 radical (unpaired) electrons. The van der Waals surface area contributed by atoms with Crippen molar-refractivity contribution in [2.45, 2.75) is 148 Å². The summed E-state index contributed by atoms with van der Waals surface area (Å²) in [6, 6.07) is 0. The Morgan fingerprint density at radius 1 is 0.535 bits per heavy atom. The van der Waals surface area contributed by atoms with Gasteiger partial charge in [0.05, 0.1) is 80.9 Å². The van der Waals surface area contributed by atoms with Crippen molar-refractivity contribution >= 4 is 47.8 Å². The lowest BCUT2D eigenvalue weighted by Crippen LogP contribution is -2.48. The number of ether oxygens (including phenoxy) is 1. The van der Waals surface area contributed by atoms with Crippen LogP contribution in [0.3, 0.4) is 0 Å². The van der Waals surface area contributed by atoms with Gasteiger partial charge in [0, 0.05) is 42.9 Å². The van der Waals surface area contributed by atoms with E-state index < -0.39 is 87.1 Å². The summed E-state index contributed by atoms with van der Waals surface area (Å²) in [6.45, 7) is 26.6. The maximum absolute atomic E-state index is 13.8. The van der Waals surface area contributed by atoms with Crippen LogP contribution in [0.2, 0.25) is 0 Å². The standard InChI is InChI=1S/C38H54N6O15.6C2H6/c1-18-28(35(55)39-6-23(51)12-45)20(3)32(21(4)29(18)36(56)40-7-24(52)13-46)43(16-49)10-27-11-44(17-50)33-22(5)30(37(57)41-8-25(53)14-47)19(2)31(34(33)59-27)38(58)42-9-26(54)15-48;6*1-2/h16-17,23-27,45-48,51-54H,6-15H2,1-5H3,(H,39,55)(H,40,56)(H,41,57)(H,42,58);6*1-2H3. The van der Waals surface area contributed by atoms with Crippen LogP contribution in [0, 0.1) is 34.6 Å². The third kappa shape index (κ3) is 20.8. The first kappa shape index (κ1) is 72.3. The van der Waals surface area contributed by atoms with Crippen molar-refractivity contribution in [2.24, 2.45) is 0 Å². The summed E-state index contributed by atoms with van der Waals surface area (Å²) in [7, 11) is 0. The van der Waals surface area contributed by atoms with Gasteiger partial charge in [0.2, 0.25) is 12.8 Å². The fraction of sp³-hybridized carbons (Fsp3) is 0.640. The highest BCUT2D eigenvalue weighted by Crippen LogP contribution is 2.44. The van der Waals surface area contributed by atoms with Crippen molar-refractivity contribution in [3.8, 4) is 5.75 Å². The van der Waals surface area contributed by atoms with Gasteiger partial charge in [0.1, 0.15) is 6.10 Å². The number of nitrogens with one attached hydrogen (secondary N) is 4. The molecule has 5 unspecified atom stereocenters. The van der Waals surface area contributed by atoms with Gasteiger partial charge in [-0.25, -0.2) is 0 Å². The lowest BCUT2D eigenvalue weighted by atomic mass is 9.89. The van der Waals surface area contributed by atoms with Crippen LogP contribution in [0.25, 0.3) is 0 Å². The van der Waals surface area contributed by atoms with E-state index in [-0.39, 0.29) is 99.9 Å². The molecule has 1 aliphatic heterocycles. The van der Waals surface area contributed by atoms with Crippen molar-refractivity contribution in [1.29, 1.82) is 0 Å². The second-order valence-electron chi connectivity index (χ2n) is 14.1. The van der Waals surface area contributed by atoms with Crippen molar-refractivity contribution in [1.82, 2.24) is 21.3 Å². The Kier molecular flexibility index (Phi) is 41.1. The maximum atomic E-state index is 13.8. The Labute approximate surface area is 422 Å². The summed E-state index contributed by atoms with van der Waals surface area (Å²) >= 11 is 0. The molecule has 3 rings (SSSR count). The van der Waals surface area contributed by atoms with Crippen LogP contribution in [0.15, 0.2) is 0 Å². The molecule has 0 aromatic heterocycles. The van der Waals surface area contributed by atoms with Crippen molar-refractivity contribution < 1.29 is 74.4 Å². The fourth-order valence-electron chi connectivity index (χ4n) is 6.94. The molecule has 71 heavy (non-hydrogen) atoms. The summed E-state index contributed by atoms with van der Waals surface area (Å²) < 4.78 is 6.39. The van der Waals surface area contributed by atoms with Crippen LogP contribution in [-0.4, -0.2) is 174 Å². The highest BCUT2D eigenvalue weighted by atomic mass is 16.5. The normalized spacial score (nSPS) is 13.4. The summed E-state index contributed by atoms with van der Waals surface area (Å²) in [5.41, 5.74) is 0.460. The van der Waals surface area contributed by atoms with Crippen LogP contribution in [0.5, 0.6) is 5.75 Å². The molecule has 2 aromatic rings. The Morgan fingerprint density at radius 2 is 0.831 bits per heavy atom. The number of carbonyl (C=O) groups is 6. The Balaban J connectivity index is -0.00000173. The van der Waals surface area contributed by atoms with Gasteiger partial charge < -0.3 is 76.7 Å². The van der Waals surface area contributed by atoms with E-state index in [0.717, 1.165) is 9.80 Å². The van der Waals surface area contributed by atoms with Gasteiger partial charge in [-0.15, -0.1) is 0 Å². The fourth-order valence-corrected chi connectivity index (χ4v) is 6.94. The summed E-state index contributed by atoms with van der Waals surface area (Å²) in [4.78, 5) is 82.6. The van der Waals surface area contributed by atoms with Crippen LogP contribution in [-0.2, 0) is 9.59 Å². The lowest BCUT2D eigenvalue weighted by Gasteiger charge is -2.38. The summed E-state index contributed by atoms with van der Waals surface area (Å²) in [5.74, 6) is -3.35. The average Bonchev–Trinajstić information content (AvgIpc) is 3.40. The van der Waals surface area contributed by atoms with Crippen LogP contribution < -0.4 is 35.8 Å². The van der Waals surface area contributed by atoms with Gasteiger partial charge in [-0.2, -0.15) is 0 Å². The van der Waals surface area contributed by atoms with E-state index in [2.05, 4.69) is 21.3 Å². The zero-order chi connectivity index (χ0) is 56.3. The number of carbonyl (C=O) groups excluding carboxylic acids is 6. The van der Waals surface area contributed by atoms with Crippen molar-refractivity contribution in [2.75, 3.05) is 75.5 Å². The molecular weight excluding hydrogens is 925 g/mol. The first-order valence-corrected chi connectivity index (χ1v) is 24.6. The van der Waals surface area contributed by atoms with Gasteiger partial charge in [-0.3, -0.25) is 28.8 Å². The van der Waals surface area contributed by atoms with Crippen LogP contribution in [0.1, 0.15) is 152 Å². The highest BCUT2D eigenvalue weighted by molar-refractivity contribution is 6.09. The van der Waals surface area contributed by atoms with Gasteiger partial charge in [-0.1, -0.05) is 83.1 Å². The molecule has 0 fully saturated rings. The third-order valence-electron chi connectivity index (χ3n) is 9.79. The molecule has 21 heteroatoms. The Morgan fingerprint density at radius 3 is 1.13 bits per heavy atom. The number of aliphatic hydroxyl groups excluding tert-OH is 8.